The fourth-order valence-electron chi connectivity index (χ4n) is 2.11. The molecule has 0 aliphatic carbocycles. The van der Waals surface area contributed by atoms with Gasteiger partial charge in [-0.2, -0.15) is 4.31 Å². The summed E-state index contributed by atoms with van der Waals surface area (Å²) in [6.07, 6.45) is 1.59. The third-order valence-electron chi connectivity index (χ3n) is 3.30. The normalized spacial score (nSPS) is 12.7. The van der Waals surface area contributed by atoms with Gasteiger partial charge in [-0.1, -0.05) is 12.1 Å². The summed E-state index contributed by atoms with van der Waals surface area (Å²) in [7, 11) is -3.67. The zero-order valence-corrected chi connectivity index (χ0v) is 13.7. The minimum atomic E-state index is -3.67. The summed E-state index contributed by atoms with van der Waals surface area (Å²) in [6, 6.07) is 3.47. The van der Waals surface area contributed by atoms with Crippen LogP contribution in [0.5, 0.6) is 0 Å². The molecular formula is C15H24N2O2S. The highest BCUT2D eigenvalue weighted by molar-refractivity contribution is 7.89. The lowest BCUT2D eigenvalue weighted by Crippen LogP contribution is -2.45. The van der Waals surface area contributed by atoms with Gasteiger partial charge in [0.05, 0.1) is 5.69 Å². The van der Waals surface area contributed by atoms with Crippen molar-refractivity contribution in [2.24, 2.45) is 0 Å². The Bertz CT molecular complexity index is 613. The maximum atomic E-state index is 13.0. The number of sulfonamides is 1. The van der Waals surface area contributed by atoms with Crippen molar-refractivity contribution in [2.75, 3.05) is 12.3 Å². The number of benzene rings is 1. The molecule has 0 amide bonds. The first kappa shape index (κ1) is 16.7. The van der Waals surface area contributed by atoms with Crippen molar-refractivity contribution in [2.45, 2.75) is 45.1 Å². The topological polar surface area (TPSA) is 63.4 Å². The van der Waals surface area contributed by atoms with E-state index in [9.17, 15) is 8.42 Å². The summed E-state index contributed by atoms with van der Waals surface area (Å²) in [6.45, 7) is 13.1. The monoisotopic (exact) mass is 296 g/mol. The van der Waals surface area contributed by atoms with Gasteiger partial charge in [-0.25, -0.2) is 8.42 Å². The Morgan fingerprint density at radius 3 is 2.30 bits per heavy atom. The molecule has 0 unspecified atom stereocenters. The molecule has 0 fully saturated rings. The Hall–Kier alpha value is -1.33. The van der Waals surface area contributed by atoms with Crippen LogP contribution in [0, 0.1) is 13.8 Å². The number of nitrogens with zero attached hydrogens (tertiary/aromatic N) is 1. The lowest BCUT2D eigenvalue weighted by molar-refractivity contribution is 0.270. The molecule has 0 saturated heterocycles. The average molecular weight is 296 g/mol. The fraction of sp³-hybridized carbons (Fsp3) is 0.467. The summed E-state index contributed by atoms with van der Waals surface area (Å²) in [5.41, 5.74) is 7.26. The van der Waals surface area contributed by atoms with Gasteiger partial charge in [0, 0.05) is 12.1 Å². The number of anilines is 1. The highest BCUT2D eigenvalue weighted by Crippen LogP contribution is 2.31. The zero-order chi connectivity index (χ0) is 15.7. The molecular weight excluding hydrogens is 272 g/mol. The van der Waals surface area contributed by atoms with Gasteiger partial charge >= 0.3 is 0 Å². The van der Waals surface area contributed by atoms with Gasteiger partial charge in [0.1, 0.15) is 4.90 Å². The van der Waals surface area contributed by atoms with Crippen molar-refractivity contribution in [3.8, 4) is 0 Å². The maximum Gasteiger partial charge on any atom is 0.246 e. The molecule has 0 aliphatic heterocycles. The van der Waals surface area contributed by atoms with Gasteiger partial charge in [-0.15, -0.1) is 6.58 Å². The van der Waals surface area contributed by atoms with E-state index in [-0.39, 0.29) is 17.1 Å². The second kappa shape index (κ2) is 5.58. The SMILES string of the molecule is C=CCN(C(C)(C)C)S(=O)(=O)c1c(N)ccc(C)c1C. The van der Waals surface area contributed by atoms with Crippen LogP contribution in [0.15, 0.2) is 29.7 Å². The van der Waals surface area contributed by atoms with Crippen LogP contribution < -0.4 is 5.73 Å². The second-order valence-electron chi connectivity index (χ2n) is 5.92. The number of hydrogen-bond donors (Lipinski definition) is 1. The van der Waals surface area contributed by atoms with Crippen molar-refractivity contribution in [1.29, 1.82) is 0 Å². The molecule has 5 heteroatoms. The summed E-state index contributed by atoms with van der Waals surface area (Å²) in [5.74, 6) is 0. The van der Waals surface area contributed by atoms with Gasteiger partial charge < -0.3 is 5.73 Å². The Labute approximate surface area is 122 Å². The Kier molecular flexibility index (Phi) is 4.66. The lowest BCUT2D eigenvalue weighted by Gasteiger charge is -2.34. The molecule has 0 aliphatic rings. The average Bonchev–Trinajstić information content (AvgIpc) is 2.29. The van der Waals surface area contributed by atoms with Gasteiger partial charge in [-0.05, 0) is 51.8 Å². The summed E-state index contributed by atoms with van der Waals surface area (Å²) in [5, 5.41) is 0. The minimum Gasteiger partial charge on any atom is -0.398 e. The predicted octanol–water partition coefficient (Wildman–Crippen LogP) is 2.86. The zero-order valence-electron chi connectivity index (χ0n) is 12.9. The van der Waals surface area contributed by atoms with Crippen molar-refractivity contribution in [3.63, 3.8) is 0 Å². The molecule has 1 rings (SSSR count). The van der Waals surface area contributed by atoms with E-state index in [1.807, 2.05) is 33.8 Å². The van der Waals surface area contributed by atoms with E-state index < -0.39 is 15.6 Å². The van der Waals surface area contributed by atoms with E-state index >= 15 is 0 Å². The number of nitrogen functional groups attached to an aromatic ring is 1. The molecule has 112 valence electrons. The highest BCUT2D eigenvalue weighted by atomic mass is 32.2. The van der Waals surface area contributed by atoms with Crippen molar-refractivity contribution in [1.82, 2.24) is 4.31 Å². The standard InChI is InChI=1S/C15H24N2O2S/c1-7-10-17(15(4,5)6)20(18,19)14-12(3)11(2)8-9-13(14)16/h7-9H,1,10,16H2,2-6H3. The number of nitrogens with two attached hydrogens (primary N) is 1. The van der Waals surface area contributed by atoms with Crippen molar-refractivity contribution < 1.29 is 8.42 Å². The first-order chi connectivity index (χ1) is 9.03. The predicted molar refractivity (Wildman–Crippen MR) is 84.2 cm³/mol. The van der Waals surface area contributed by atoms with E-state index in [4.69, 9.17) is 5.73 Å². The van der Waals surface area contributed by atoms with Crippen LogP contribution in [0.2, 0.25) is 0 Å². The van der Waals surface area contributed by atoms with Crippen LogP contribution in [-0.2, 0) is 10.0 Å². The molecule has 0 heterocycles. The first-order valence-corrected chi connectivity index (χ1v) is 7.97. The van der Waals surface area contributed by atoms with Gasteiger partial charge in [0.15, 0.2) is 0 Å². The lowest BCUT2D eigenvalue weighted by atomic mass is 10.1. The molecule has 0 radical (unpaired) electrons. The van der Waals surface area contributed by atoms with Crippen molar-refractivity contribution >= 4 is 15.7 Å². The minimum absolute atomic E-state index is 0.203. The molecule has 0 aromatic heterocycles. The van der Waals surface area contributed by atoms with E-state index in [1.54, 1.807) is 19.1 Å². The Morgan fingerprint density at radius 1 is 1.30 bits per heavy atom. The highest BCUT2D eigenvalue weighted by Gasteiger charge is 2.35. The van der Waals surface area contributed by atoms with Gasteiger partial charge in [0.25, 0.3) is 0 Å². The van der Waals surface area contributed by atoms with Crippen LogP contribution in [0.1, 0.15) is 31.9 Å². The van der Waals surface area contributed by atoms with Crippen LogP contribution in [0.4, 0.5) is 5.69 Å². The molecule has 0 spiro atoms. The molecule has 1 aromatic carbocycles. The third-order valence-corrected chi connectivity index (χ3v) is 5.63. The van der Waals surface area contributed by atoms with Gasteiger partial charge in [-0.3, -0.25) is 0 Å². The molecule has 4 nitrogen and oxygen atoms in total. The Morgan fingerprint density at radius 2 is 1.85 bits per heavy atom. The second-order valence-corrected chi connectivity index (χ2v) is 7.72. The molecule has 2 N–H and O–H groups in total. The first-order valence-electron chi connectivity index (χ1n) is 6.53. The Balaban J connectivity index is 3.58. The molecule has 0 atom stereocenters. The number of aryl methyl sites for hydroxylation is 1. The third kappa shape index (κ3) is 3.04. The van der Waals surface area contributed by atoms with E-state index in [0.717, 1.165) is 5.56 Å². The van der Waals surface area contributed by atoms with E-state index in [0.29, 0.717) is 5.56 Å². The van der Waals surface area contributed by atoms with E-state index in [2.05, 4.69) is 6.58 Å². The molecule has 0 saturated carbocycles. The van der Waals surface area contributed by atoms with Crippen LogP contribution in [0.3, 0.4) is 0 Å². The van der Waals surface area contributed by atoms with Crippen LogP contribution in [0.25, 0.3) is 0 Å². The number of rotatable bonds is 4. The van der Waals surface area contributed by atoms with Crippen LogP contribution in [-0.4, -0.2) is 24.8 Å². The molecule has 20 heavy (non-hydrogen) atoms. The summed E-state index contributed by atoms with van der Waals surface area (Å²) >= 11 is 0. The van der Waals surface area contributed by atoms with Crippen LogP contribution >= 0.6 is 0 Å². The summed E-state index contributed by atoms with van der Waals surface area (Å²) < 4.78 is 27.3. The maximum absolute atomic E-state index is 13.0. The van der Waals surface area contributed by atoms with Gasteiger partial charge in [0.2, 0.25) is 10.0 Å². The largest absolute Gasteiger partial charge is 0.398 e. The number of hydrogen-bond acceptors (Lipinski definition) is 3. The quantitative estimate of drug-likeness (QED) is 0.686. The van der Waals surface area contributed by atoms with Crippen molar-refractivity contribution in [3.05, 3.63) is 35.9 Å². The fourth-order valence-corrected chi connectivity index (χ4v) is 4.27. The molecule has 0 bridgehead atoms. The smallest absolute Gasteiger partial charge is 0.246 e. The molecule has 1 aromatic rings. The summed E-state index contributed by atoms with van der Waals surface area (Å²) in [4.78, 5) is 0.203. The van der Waals surface area contributed by atoms with E-state index in [1.165, 1.54) is 4.31 Å².